The van der Waals surface area contributed by atoms with Crippen molar-refractivity contribution < 1.29 is 38.0 Å². The molecule has 5 rings (SSSR count). The second-order valence-corrected chi connectivity index (χ2v) is 13.9. The van der Waals surface area contributed by atoms with Gasteiger partial charge in [0.15, 0.2) is 29.1 Å². The molecule has 3 N–H and O–H groups in total. The Balaban J connectivity index is 0.000000361. The molecule has 0 unspecified atom stereocenters. The summed E-state index contributed by atoms with van der Waals surface area (Å²) in [6.45, 7) is 14.8. The zero-order chi connectivity index (χ0) is 34.9. The predicted octanol–water partition coefficient (Wildman–Crippen LogP) is 4.12. The molecule has 0 bridgehead atoms. The van der Waals surface area contributed by atoms with E-state index in [1.807, 2.05) is 44.4 Å². The average molecular weight is 752 g/mol. The number of hydrogen-bond donors (Lipinski definition) is 3. The number of rotatable bonds is 9. The highest BCUT2D eigenvalue weighted by atomic mass is 35.5. The molecule has 5 heterocycles. The number of carbonyl (C=O) groups excluding carboxylic acids is 1. The minimum Gasteiger partial charge on any atom is -0.444 e. The van der Waals surface area contributed by atoms with Crippen LogP contribution in [0.25, 0.3) is 0 Å². The number of carbonyl (C=O) groups is 1. The number of piperazine rings is 2. The first-order chi connectivity index (χ1) is 22.7. The summed E-state index contributed by atoms with van der Waals surface area (Å²) in [6, 6.07) is 3.01. The van der Waals surface area contributed by atoms with Crippen molar-refractivity contribution in [3.63, 3.8) is 0 Å². The van der Waals surface area contributed by atoms with Crippen molar-refractivity contribution in [2.45, 2.75) is 83.9 Å². The van der Waals surface area contributed by atoms with Crippen molar-refractivity contribution in [3.8, 4) is 0 Å². The Morgan fingerprint density at radius 3 is 2.00 bits per heavy atom. The summed E-state index contributed by atoms with van der Waals surface area (Å²) >= 11 is 0. The first-order valence-electron chi connectivity index (χ1n) is 16.8. The van der Waals surface area contributed by atoms with E-state index in [0.717, 1.165) is 43.7 Å². The standard InChI is InChI=1S/C21H32FN3O4.C13H20FN3O2.2ClH/c1-20(2,3)29-19(26)25-10-8-24(9-11-25)18-17(22)12-15(13-23-18)6-7-16-14-27-21(4,5)28-16;14-12-7-10(1-2-11(19)9-18)8-16-13(12)17-5-3-15-4-6-17;;/h12-13,16H,6-11,14H2,1-5H3;7-8,11,15,18-19H,1-6,9H2;2*1H/t16-;11-;;/m00../s1. The third kappa shape index (κ3) is 13.5. The van der Waals surface area contributed by atoms with E-state index in [9.17, 15) is 18.7 Å². The molecule has 50 heavy (non-hydrogen) atoms. The van der Waals surface area contributed by atoms with Gasteiger partial charge in [-0.25, -0.2) is 23.5 Å². The number of aromatic nitrogens is 2. The summed E-state index contributed by atoms with van der Waals surface area (Å²) < 4.78 is 45.4. The number of halogens is 4. The number of ether oxygens (including phenoxy) is 3. The van der Waals surface area contributed by atoms with Gasteiger partial charge in [0.25, 0.3) is 0 Å². The molecule has 3 saturated heterocycles. The molecule has 3 fully saturated rings. The van der Waals surface area contributed by atoms with Gasteiger partial charge in [0, 0.05) is 64.8 Å². The van der Waals surface area contributed by atoms with Crippen LogP contribution in [-0.4, -0.2) is 120 Å². The molecular formula is C34H54Cl2F2N6O6. The summed E-state index contributed by atoms with van der Waals surface area (Å²) in [4.78, 5) is 26.2. The summed E-state index contributed by atoms with van der Waals surface area (Å²) in [5.41, 5.74) is 1.05. The molecule has 16 heteroatoms. The number of pyridine rings is 2. The fourth-order valence-electron chi connectivity index (χ4n) is 5.64. The van der Waals surface area contributed by atoms with Crippen LogP contribution in [-0.2, 0) is 27.1 Å². The van der Waals surface area contributed by atoms with E-state index in [0.29, 0.717) is 63.7 Å². The van der Waals surface area contributed by atoms with Crippen LogP contribution in [0.3, 0.4) is 0 Å². The van der Waals surface area contributed by atoms with Gasteiger partial charge >= 0.3 is 6.09 Å². The molecule has 1 amide bonds. The van der Waals surface area contributed by atoms with E-state index in [1.54, 1.807) is 23.4 Å². The van der Waals surface area contributed by atoms with Crippen molar-refractivity contribution in [1.82, 2.24) is 20.2 Å². The first-order valence-corrected chi connectivity index (χ1v) is 16.8. The fraction of sp³-hybridized carbons (Fsp3) is 0.676. The third-order valence-electron chi connectivity index (χ3n) is 8.20. The van der Waals surface area contributed by atoms with Gasteiger partial charge in [-0.1, -0.05) is 0 Å². The molecule has 0 aliphatic carbocycles. The van der Waals surface area contributed by atoms with Crippen LogP contribution < -0.4 is 15.1 Å². The van der Waals surface area contributed by atoms with Crippen molar-refractivity contribution in [2.24, 2.45) is 0 Å². The molecule has 2 aromatic heterocycles. The van der Waals surface area contributed by atoms with Crippen LogP contribution >= 0.6 is 24.8 Å². The van der Waals surface area contributed by atoms with E-state index < -0.39 is 17.5 Å². The van der Waals surface area contributed by atoms with E-state index in [2.05, 4.69) is 15.3 Å². The number of anilines is 2. The van der Waals surface area contributed by atoms with Crippen LogP contribution in [0.2, 0.25) is 0 Å². The fourth-order valence-corrected chi connectivity index (χ4v) is 5.64. The van der Waals surface area contributed by atoms with Gasteiger partial charge in [-0.05, 0) is 83.6 Å². The summed E-state index contributed by atoms with van der Waals surface area (Å²) in [6.07, 6.45) is 4.66. The maximum atomic E-state index is 14.7. The van der Waals surface area contributed by atoms with Crippen LogP contribution in [0.5, 0.6) is 0 Å². The van der Waals surface area contributed by atoms with Gasteiger partial charge in [-0.2, -0.15) is 0 Å². The van der Waals surface area contributed by atoms with E-state index in [1.165, 1.54) is 6.07 Å². The quantitative estimate of drug-likeness (QED) is 0.342. The van der Waals surface area contributed by atoms with E-state index in [4.69, 9.17) is 19.3 Å². The molecule has 0 saturated carbocycles. The highest BCUT2D eigenvalue weighted by molar-refractivity contribution is 5.85. The molecule has 284 valence electrons. The Morgan fingerprint density at radius 2 is 1.52 bits per heavy atom. The number of aliphatic hydroxyl groups excluding tert-OH is 2. The summed E-state index contributed by atoms with van der Waals surface area (Å²) in [5.74, 6) is -0.471. The maximum absolute atomic E-state index is 14.7. The van der Waals surface area contributed by atoms with Crippen molar-refractivity contribution in [3.05, 3.63) is 47.3 Å². The molecule has 0 radical (unpaired) electrons. The number of amides is 1. The molecule has 3 aliphatic rings. The topological polar surface area (TPSA) is 133 Å². The molecule has 3 aliphatic heterocycles. The zero-order valence-electron chi connectivity index (χ0n) is 29.7. The lowest BCUT2D eigenvalue weighted by Crippen LogP contribution is -2.50. The van der Waals surface area contributed by atoms with Crippen LogP contribution in [0.1, 0.15) is 58.6 Å². The highest BCUT2D eigenvalue weighted by Crippen LogP contribution is 2.26. The van der Waals surface area contributed by atoms with Gasteiger partial charge in [-0.15, -0.1) is 24.8 Å². The van der Waals surface area contributed by atoms with Crippen LogP contribution in [0, 0.1) is 11.6 Å². The predicted molar refractivity (Wildman–Crippen MR) is 193 cm³/mol. The van der Waals surface area contributed by atoms with Gasteiger partial charge in [-0.3, -0.25) is 0 Å². The van der Waals surface area contributed by atoms with Gasteiger partial charge in [0.2, 0.25) is 0 Å². The Bertz CT molecular complexity index is 1340. The number of aryl methyl sites for hydroxylation is 2. The monoisotopic (exact) mass is 750 g/mol. The summed E-state index contributed by atoms with van der Waals surface area (Å²) in [7, 11) is 0. The normalized spacial score (nSPS) is 19.5. The molecule has 0 aromatic carbocycles. The largest absolute Gasteiger partial charge is 0.444 e. The third-order valence-corrected chi connectivity index (χ3v) is 8.20. The second kappa shape index (κ2) is 19.9. The van der Waals surface area contributed by atoms with Crippen LogP contribution in [0.4, 0.5) is 25.2 Å². The minimum atomic E-state index is -0.754. The Labute approximate surface area is 306 Å². The first kappa shape index (κ1) is 43.6. The Morgan fingerprint density at radius 1 is 0.980 bits per heavy atom. The summed E-state index contributed by atoms with van der Waals surface area (Å²) in [5, 5.41) is 21.2. The number of nitrogens with zero attached hydrogens (tertiary/aromatic N) is 5. The van der Waals surface area contributed by atoms with Gasteiger partial charge in [0.05, 0.1) is 25.4 Å². The minimum absolute atomic E-state index is 0. The SMILES string of the molecule is CC(C)(C)OC(=O)N1CCN(c2ncc(CC[C@H]3COC(C)(C)O3)cc2F)CC1.Cl.Cl.OC[C@@H](O)CCc1cnc(N2CCNCC2)c(F)c1. The zero-order valence-corrected chi connectivity index (χ0v) is 31.3. The smallest absolute Gasteiger partial charge is 0.410 e. The Kier molecular flexibility index (Phi) is 17.3. The van der Waals surface area contributed by atoms with E-state index in [-0.39, 0.29) is 55.3 Å². The molecule has 12 nitrogen and oxygen atoms in total. The molecular weight excluding hydrogens is 697 g/mol. The molecule has 2 aromatic rings. The number of aliphatic hydroxyl groups is 2. The van der Waals surface area contributed by atoms with Crippen molar-refractivity contribution in [1.29, 1.82) is 0 Å². The second-order valence-electron chi connectivity index (χ2n) is 13.9. The lowest BCUT2D eigenvalue weighted by Gasteiger charge is -2.36. The maximum Gasteiger partial charge on any atom is 0.410 e. The lowest BCUT2D eigenvalue weighted by atomic mass is 10.1. The number of nitrogens with one attached hydrogen (secondary N) is 1. The van der Waals surface area contributed by atoms with Crippen LogP contribution in [0.15, 0.2) is 24.5 Å². The number of hydrogen-bond acceptors (Lipinski definition) is 11. The highest BCUT2D eigenvalue weighted by Gasteiger charge is 2.32. The van der Waals surface area contributed by atoms with E-state index >= 15 is 0 Å². The molecule has 0 spiro atoms. The Hall–Kier alpha value is -2.59. The van der Waals surface area contributed by atoms with Gasteiger partial charge < -0.3 is 44.4 Å². The van der Waals surface area contributed by atoms with Crippen molar-refractivity contribution >= 4 is 42.5 Å². The average Bonchev–Trinajstić information content (AvgIpc) is 3.41. The lowest BCUT2D eigenvalue weighted by molar-refractivity contribution is -0.138. The van der Waals surface area contributed by atoms with Crippen molar-refractivity contribution in [2.75, 3.05) is 75.4 Å². The molecule has 2 atom stereocenters. The van der Waals surface area contributed by atoms with Gasteiger partial charge in [0.1, 0.15) is 5.60 Å².